The number of phenolic OH excluding ortho intramolecular Hbond substituents is 1. The number of hydrogen-bond donors (Lipinski definition) is 2. The summed E-state index contributed by atoms with van der Waals surface area (Å²) in [6.07, 6.45) is 15.8. The number of hydrogen-bond acceptors (Lipinski definition) is 8. The topological polar surface area (TPSA) is 114 Å². The molecule has 59 heavy (non-hydrogen) atoms. The SMILES string of the molecule is CC(C)=CCCC1(C)C=Cc2c(O)c3c(c(CC=C(C)C)c2O1)OC12C(=CC4CC1C(C)(C)OC2(C/C=C(/C)C(=O)NC1CCN(Cc2ccccc2)CC1)C4=O)C3=O. The first kappa shape index (κ1) is 41.0. The number of fused-ring (bicyclic) bond motifs is 2. The Morgan fingerprint density at radius 3 is 2.36 bits per heavy atom. The van der Waals surface area contributed by atoms with Crippen LogP contribution >= 0.6 is 0 Å². The number of carbonyl (C=O) groups excluding carboxylic acids is 3. The second-order valence-electron chi connectivity index (χ2n) is 19.0. The van der Waals surface area contributed by atoms with Gasteiger partial charge in [0.05, 0.1) is 11.2 Å². The van der Waals surface area contributed by atoms with E-state index in [1.807, 2.05) is 52.8 Å². The minimum absolute atomic E-state index is 0.0438. The van der Waals surface area contributed by atoms with Crippen molar-refractivity contribution in [2.24, 2.45) is 11.8 Å². The van der Waals surface area contributed by atoms with Crippen molar-refractivity contribution in [3.8, 4) is 17.2 Å². The van der Waals surface area contributed by atoms with Gasteiger partial charge in [-0.3, -0.25) is 19.3 Å². The number of benzene rings is 2. The number of piperidine rings is 1. The molecule has 9 rings (SSSR count). The molecular weight excluding hydrogens is 741 g/mol. The maximum atomic E-state index is 15.1. The summed E-state index contributed by atoms with van der Waals surface area (Å²) in [6, 6.07) is 10.5. The lowest BCUT2D eigenvalue weighted by atomic mass is 9.51. The van der Waals surface area contributed by atoms with Crippen molar-refractivity contribution in [3.05, 3.63) is 105 Å². The van der Waals surface area contributed by atoms with Gasteiger partial charge >= 0.3 is 0 Å². The highest BCUT2D eigenvalue weighted by atomic mass is 16.6. The summed E-state index contributed by atoms with van der Waals surface area (Å²) in [5, 5.41) is 15.3. The highest BCUT2D eigenvalue weighted by molar-refractivity contribution is 6.19. The molecule has 1 amide bonds. The molecule has 4 bridgehead atoms. The molecule has 9 nitrogen and oxygen atoms in total. The van der Waals surface area contributed by atoms with Crippen LogP contribution in [0.3, 0.4) is 0 Å². The Hall–Kier alpha value is -4.73. The van der Waals surface area contributed by atoms with E-state index in [0.717, 1.165) is 44.5 Å². The molecule has 312 valence electrons. The number of phenols is 1. The van der Waals surface area contributed by atoms with Gasteiger partial charge in [0, 0.05) is 60.6 Å². The number of carbonyl (C=O) groups is 3. The molecule has 3 fully saturated rings. The Bertz CT molecular complexity index is 2230. The predicted octanol–water partition coefficient (Wildman–Crippen LogP) is 8.94. The summed E-state index contributed by atoms with van der Waals surface area (Å²) < 4.78 is 21.2. The van der Waals surface area contributed by atoms with Crippen molar-refractivity contribution >= 4 is 23.5 Å². The average molecular weight is 801 g/mol. The Balaban J connectivity index is 1.13. The minimum atomic E-state index is -1.58. The van der Waals surface area contributed by atoms with E-state index in [9.17, 15) is 14.7 Å². The zero-order chi connectivity index (χ0) is 42.1. The molecule has 5 unspecified atom stereocenters. The first-order chi connectivity index (χ1) is 28.0. The number of rotatable bonds is 11. The number of ketones is 2. The fourth-order valence-corrected chi connectivity index (χ4v) is 10.6. The quantitative estimate of drug-likeness (QED) is 0.171. The van der Waals surface area contributed by atoms with Crippen LogP contribution in [0.4, 0.5) is 0 Å². The molecule has 5 atom stereocenters. The normalized spacial score (nSPS) is 29.1. The summed E-state index contributed by atoms with van der Waals surface area (Å²) in [5.74, 6) is -1.07. The number of Topliss-reactive ketones (excluding diaryl/α,β-unsaturated/α-hetero) is 2. The summed E-state index contributed by atoms with van der Waals surface area (Å²) in [4.78, 5) is 46.1. The fourth-order valence-electron chi connectivity index (χ4n) is 10.6. The van der Waals surface area contributed by atoms with E-state index in [0.29, 0.717) is 47.3 Å². The monoisotopic (exact) mass is 800 g/mol. The van der Waals surface area contributed by atoms with Crippen LogP contribution in [-0.4, -0.2) is 69.0 Å². The van der Waals surface area contributed by atoms with Crippen molar-refractivity contribution in [3.63, 3.8) is 0 Å². The molecule has 2 aromatic carbocycles. The third kappa shape index (κ3) is 6.92. The zero-order valence-corrected chi connectivity index (χ0v) is 36.0. The Kier molecular flexibility index (Phi) is 10.5. The van der Waals surface area contributed by atoms with Gasteiger partial charge < -0.3 is 24.6 Å². The molecule has 9 heteroatoms. The summed E-state index contributed by atoms with van der Waals surface area (Å²) in [6.45, 7) is 18.6. The average Bonchev–Trinajstić information content (AvgIpc) is 3.34. The van der Waals surface area contributed by atoms with Gasteiger partial charge in [-0.05, 0) is 112 Å². The molecule has 2 aromatic rings. The molecule has 1 spiro atoms. The van der Waals surface area contributed by atoms with Crippen LogP contribution in [0.5, 0.6) is 17.2 Å². The second-order valence-corrected chi connectivity index (χ2v) is 19.0. The summed E-state index contributed by atoms with van der Waals surface area (Å²) in [7, 11) is 0. The fraction of sp³-hybridized carbons (Fsp3) is 0.500. The maximum absolute atomic E-state index is 15.1. The molecule has 1 saturated carbocycles. The molecule has 2 saturated heterocycles. The second kappa shape index (κ2) is 15.1. The van der Waals surface area contributed by atoms with E-state index >= 15 is 4.79 Å². The van der Waals surface area contributed by atoms with Crippen LogP contribution in [0.15, 0.2) is 83.0 Å². The number of amides is 1. The van der Waals surface area contributed by atoms with Crippen LogP contribution in [0.1, 0.15) is 121 Å². The number of likely N-dealkylation sites (tertiary alicyclic amines) is 1. The number of nitrogens with one attached hydrogen (secondary N) is 1. The van der Waals surface area contributed by atoms with Crippen molar-refractivity contribution in [1.82, 2.24) is 10.2 Å². The molecule has 3 aliphatic carbocycles. The van der Waals surface area contributed by atoms with Gasteiger partial charge in [0.2, 0.25) is 5.91 Å². The number of aromatic hydroxyl groups is 1. The van der Waals surface area contributed by atoms with Gasteiger partial charge in [0.25, 0.3) is 0 Å². The lowest BCUT2D eigenvalue weighted by Gasteiger charge is -2.56. The standard InChI is InChI=1S/C50H60N2O7/c1-30(2)13-12-22-48(8)23-19-36-41(53)40-42(54)38-27-34-28-39-47(6,7)59-49(45(34)55,50(38,39)58-44(40)37(43(36)57-48)17-16-31(3)4)24-18-32(5)46(56)51-35-20-25-52(26-21-35)29-33-14-10-9-11-15-33/h9-11,13-16,18-19,23,27,34-35,39,53H,12,17,20-22,24-26,28-29H2,1-8H3,(H,51,56)/b32-18-. The third-order valence-corrected chi connectivity index (χ3v) is 13.7. The molecule has 4 aliphatic heterocycles. The van der Waals surface area contributed by atoms with Gasteiger partial charge in [0.1, 0.15) is 28.4 Å². The number of ether oxygens (including phenoxy) is 3. The van der Waals surface area contributed by atoms with Crippen LogP contribution in [0.2, 0.25) is 0 Å². The van der Waals surface area contributed by atoms with E-state index in [4.69, 9.17) is 14.2 Å². The third-order valence-electron chi connectivity index (χ3n) is 13.7. The number of nitrogens with zero attached hydrogens (tertiary/aromatic N) is 1. The largest absolute Gasteiger partial charge is 0.506 e. The van der Waals surface area contributed by atoms with Crippen molar-refractivity contribution < 1.29 is 33.7 Å². The molecule has 7 aliphatic rings. The Morgan fingerprint density at radius 1 is 0.949 bits per heavy atom. The molecule has 4 heterocycles. The lowest BCUT2D eigenvalue weighted by molar-refractivity contribution is -0.171. The van der Waals surface area contributed by atoms with Gasteiger partial charge in [-0.1, -0.05) is 65.8 Å². The molecule has 0 radical (unpaired) electrons. The van der Waals surface area contributed by atoms with Crippen molar-refractivity contribution in [1.29, 1.82) is 0 Å². The zero-order valence-electron chi connectivity index (χ0n) is 36.0. The maximum Gasteiger partial charge on any atom is 0.246 e. The highest BCUT2D eigenvalue weighted by Crippen LogP contribution is 2.68. The van der Waals surface area contributed by atoms with E-state index in [1.165, 1.54) is 11.1 Å². The van der Waals surface area contributed by atoms with Gasteiger partial charge in [0.15, 0.2) is 22.8 Å². The minimum Gasteiger partial charge on any atom is -0.506 e. The summed E-state index contributed by atoms with van der Waals surface area (Å²) in [5.41, 5.74) is 1.03. The van der Waals surface area contributed by atoms with Crippen molar-refractivity contribution in [2.45, 2.75) is 135 Å². The van der Waals surface area contributed by atoms with E-state index in [1.54, 1.807) is 19.1 Å². The highest BCUT2D eigenvalue weighted by Gasteiger charge is 2.81. The van der Waals surface area contributed by atoms with Crippen LogP contribution < -0.4 is 14.8 Å². The van der Waals surface area contributed by atoms with E-state index in [-0.39, 0.29) is 52.9 Å². The molecule has 2 N–H and O–H groups in total. The van der Waals surface area contributed by atoms with Crippen LogP contribution in [0.25, 0.3) is 6.08 Å². The van der Waals surface area contributed by atoms with E-state index < -0.39 is 28.3 Å². The molecule has 0 aromatic heterocycles. The van der Waals surface area contributed by atoms with Gasteiger partial charge in [-0.25, -0.2) is 0 Å². The van der Waals surface area contributed by atoms with Crippen LogP contribution in [0, 0.1) is 11.8 Å². The smallest absolute Gasteiger partial charge is 0.246 e. The van der Waals surface area contributed by atoms with Gasteiger partial charge in [-0.2, -0.15) is 0 Å². The molecular formula is C50H60N2O7. The summed E-state index contributed by atoms with van der Waals surface area (Å²) >= 11 is 0. The first-order valence-corrected chi connectivity index (χ1v) is 21.5. The lowest BCUT2D eigenvalue weighted by Crippen LogP contribution is -2.72. The van der Waals surface area contributed by atoms with Crippen LogP contribution in [-0.2, 0) is 27.3 Å². The predicted molar refractivity (Wildman–Crippen MR) is 230 cm³/mol. The number of allylic oxidation sites excluding steroid dienone is 5. The first-order valence-electron chi connectivity index (χ1n) is 21.5. The van der Waals surface area contributed by atoms with Gasteiger partial charge in [-0.15, -0.1) is 0 Å². The van der Waals surface area contributed by atoms with E-state index in [2.05, 4.69) is 60.5 Å². The Labute approximate surface area is 349 Å². The Morgan fingerprint density at radius 2 is 1.66 bits per heavy atom. The van der Waals surface area contributed by atoms with Crippen molar-refractivity contribution in [2.75, 3.05) is 13.1 Å².